The number of nitrogens with one attached hydrogen (secondary N) is 1. The van der Waals surface area contributed by atoms with Crippen LogP contribution < -0.4 is 5.32 Å². The lowest BCUT2D eigenvalue weighted by molar-refractivity contribution is -0.120. The molecule has 0 fully saturated rings. The average Bonchev–Trinajstić information content (AvgIpc) is 2.43. The summed E-state index contributed by atoms with van der Waals surface area (Å²) in [4.78, 5) is 23.4. The molecule has 4 heteroatoms. The maximum absolute atomic E-state index is 11.8. The van der Waals surface area contributed by atoms with Crippen LogP contribution in [0.5, 0.6) is 0 Å². The predicted octanol–water partition coefficient (Wildman–Crippen LogP) is 3.31. The van der Waals surface area contributed by atoms with Gasteiger partial charge < -0.3 is 10.1 Å². The van der Waals surface area contributed by atoms with E-state index in [2.05, 4.69) is 19.2 Å². The molecule has 0 aliphatic heterocycles. The van der Waals surface area contributed by atoms with Crippen molar-refractivity contribution in [1.82, 2.24) is 5.32 Å². The Balaban J connectivity index is 2.29. The van der Waals surface area contributed by atoms with Gasteiger partial charge in [-0.1, -0.05) is 44.2 Å². The third kappa shape index (κ3) is 6.36. The Morgan fingerprint density at radius 1 is 1.15 bits per heavy atom. The highest BCUT2D eigenvalue weighted by Crippen LogP contribution is 2.06. The first-order valence-electron chi connectivity index (χ1n) is 6.99. The van der Waals surface area contributed by atoms with Crippen LogP contribution in [0.4, 0.5) is 4.79 Å². The molecule has 1 N–H and O–H groups in total. The summed E-state index contributed by atoms with van der Waals surface area (Å²) in [6.45, 7) is 6.03. The van der Waals surface area contributed by atoms with Crippen molar-refractivity contribution in [3.63, 3.8) is 0 Å². The number of benzene rings is 1. The third-order valence-electron chi connectivity index (χ3n) is 3.00. The van der Waals surface area contributed by atoms with Crippen LogP contribution >= 0.6 is 0 Å². The summed E-state index contributed by atoms with van der Waals surface area (Å²) in [5.74, 6) is 0.520. The normalized spacial score (nSPS) is 12.0. The van der Waals surface area contributed by atoms with Gasteiger partial charge in [-0.15, -0.1) is 0 Å². The minimum atomic E-state index is -0.556. The molecule has 0 aliphatic carbocycles. The fourth-order valence-corrected chi connectivity index (χ4v) is 1.67. The van der Waals surface area contributed by atoms with E-state index in [1.165, 1.54) is 0 Å². The summed E-state index contributed by atoms with van der Waals surface area (Å²) >= 11 is 0. The summed E-state index contributed by atoms with van der Waals surface area (Å²) in [7, 11) is 0. The lowest BCUT2D eigenvalue weighted by Crippen LogP contribution is -2.38. The number of hydrogen-bond acceptors (Lipinski definition) is 3. The molecule has 0 radical (unpaired) electrons. The van der Waals surface area contributed by atoms with E-state index in [1.54, 1.807) is 6.92 Å². The Hall–Kier alpha value is -1.84. The first kappa shape index (κ1) is 16.2. The van der Waals surface area contributed by atoms with E-state index in [4.69, 9.17) is 4.74 Å². The monoisotopic (exact) mass is 277 g/mol. The lowest BCUT2D eigenvalue weighted by Gasteiger charge is -2.13. The Labute approximate surface area is 120 Å². The quantitative estimate of drug-likeness (QED) is 0.832. The van der Waals surface area contributed by atoms with E-state index in [0.29, 0.717) is 12.3 Å². The van der Waals surface area contributed by atoms with Crippen LogP contribution in [-0.2, 0) is 16.1 Å². The fraction of sp³-hybridized carbons (Fsp3) is 0.500. The van der Waals surface area contributed by atoms with Gasteiger partial charge in [0.2, 0.25) is 0 Å². The number of rotatable bonds is 7. The van der Waals surface area contributed by atoms with Crippen molar-refractivity contribution in [3.05, 3.63) is 35.9 Å². The number of Topliss-reactive ketones (excluding diaryl/α,β-unsaturated/α-hetero) is 1. The van der Waals surface area contributed by atoms with Crippen molar-refractivity contribution in [1.29, 1.82) is 0 Å². The smallest absolute Gasteiger partial charge is 0.408 e. The Morgan fingerprint density at radius 3 is 2.40 bits per heavy atom. The molecule has 20 heavy (non-hydrogen) atoms. The second-order valence-corrected chi connectivity index (χ2v) is 5.33. The first-order chi connectivity index (χ1) is 9.49. The number of carbonyl (C=O) groups excluding carboxylic acids is 2. The predicted molar refractivity (Wildman–Crippen MR) is 78.3 cm³/mol. The number of hydrogen-bond donors (Lipinski definition) is 1. The molecule has 0 aromatic heterocycles. The number of carbonyl (C=O) groups is 2. The largest absolute Gasteiger partial charge is 0.445 e. The van der Waals surface area contributed by atoms with Crippen LogP contribution in [0.1, 0.15) is 39.2 Å². The summed E-state index contributed by atoms with van der Waals surface area (Å²) in [5.41, 5.74) is 0.918. The van der Waals surface area contributed by atoms with E-state index in [1.807, 2.05) is 30.3 Å². The highest BCUT2D eigenvalue weighted by molar-refractivity contribution is 5.86. The fourth-order valence-electron chi connectivity index (χ4n) is 1.67. The standard InChI is InChI=1S/C16H23NO3/c1-12(2)9-10-15(18)13(3)17-16(19)20-11-14-7-5-4-6-8-14/h4-8,12-13H,9-11H2,1-3H3,(H,17,19). The zero-order valence-electron chi connectivity index (χ0n) is 12.4. The minimum absolute atomic E-state index is 0.0374. The van der Waals surface area contributed by atoms with Crippen molar-refractivity contribution in [2.75, 3.05) is 0 Å². The Morgan fingerprint density at radius 2 is 1.80 bits per heavy atom. The van der Waals surface area contributed by atoms with Crippen molar-refractivity contribution < 1.29 is 14.3 Å². The van der Waals surface area contributed by atoms with Crippen molar-refractivity contribution in [2.24, 2.45) is 5.92 Å². The lowest BCUT2D eigenvalue weighted by atomic mass is 10.0. The van der Waals surface area contributed by atoms with Crippen molar-refractivity contribution in [3.8, 4) is 0 Å². The second kappa shape index (κ2) is 8.35. The summed E-state index contributed by atoms with van der Waals surface area (Å²) in [6.07, 6.45) is 0.765. The average molecular weight is 277 g/mol. The van der Waals surface area contributed by atoms with Gasteiger partial charge in [0.05, 0.1) is 6.04 Å². The number of amides is 1. The SMILES string of the molecule is CC(C)CCC(=O)C(C)NC(=O)OCc1ccccc1. The first-order valence-corrected chi connectivity index (χ1v) is 6.99. The van der Waals surface area contributed by atoms with E-state index in [-0.39, 0.29) is 12.4 Å². The molecule has 110 valence electrons. The topological polar surface area (TPSA) is 55.4 Å². The van der Waals surface area contributed by atoms with Crippen molar-refractivity contribution >= 4 is 11.9 Å². The van der Waals surface area contributed by atoms with Gasteiger partial charge in [0, 0.05) is 6.42 Å². The Bertz CT molecular complexity index is 429. The zero-order chi connectivity index (χ0) is 15.0. The summed E-state index contributed by atoms with van der Waals surface area (Å²) in [5, 5.41) is 2.56. The third-order valence-corrected chi connectivity index (χ3v) is 3.00. The molecule has 1 unspecified atom stereocenters. The number of ether oxygens (including phenoxy) is 1. The molecule has 0 saturated heterocycles. The number of alkyl carbamates (subject to hydrolysis) is 1. The van der Waals surface area contributed by atoms with Gasteiger partial charge in [-0.25, -0.2) is 4.79 Å². The van der Waals surface area contributed by atoms with Gasteiger partial charge in [-0.2, -0.15) is 0 Å². The van der Waals surface area contributed by atoms with Crippen LogP contribution in [0.2, 0.25) is 0 Å². The molecule has 0 spiro atoms. The maximum Gasteiger partial charge on any atom is 0.408 e. The van der Waals surface area contributed by atoms with Crippen LogP contribution in [0.25, 0.3) is 0 Å². The van der Waals surface area contributed by atoms with E-state index < -0.39 is 12.1 Å². The molecule has 1 aromatic rings. The molecule has 0 bridgehead atoms. The van der Waals surface area contributed by atoms with Gasteiger partial charge in [0.1, 0.15) is 6.61 Å². The maximum atomic E-state index is 11.8. The van der Waals surface area contributed by atoms with Gasteiger partial charge in [0.25, 0.3) is 0 Å². The van der Waals surface area contributed by atoms with Crippen LogP contribution in [-0.4, -0.2) is 17.9 Å². The molecule has 0 aliphatic rings. The molecule has 1 atom stereocenters. The van der Waals surface area contributed by atoms with Crippen LogP contribution in [0.15, 0.2) is 30.3 Å². The van der Waals surface area contributed by atoms with E-state index in [0.717, 1.165) is 12.0 Å². The molecular formula is C16H23NO3. The van der Waals surface area contributed by atoms with Crippen LogP contribution in [0, 0.1) is 5.92 Å². The minimum Gasteiger partial charge on any atom is -0.445 e. The molecule has 1 aromatic carbocycles. The number of ketones is 1. The van der Waals surface area contributed by atoms with Gasteiger partial charge in [-0.3, -0.25) is 4.79 Å². The van der Waals surface area contributed by atoms with E-state index in [9.17, 15) is 9.59 Å². The van der Waals surface area contributed by atoms with Gasteiger partial charge >= 0.3 is 6.09 Å². The van der Waals surface area contributed by atoms with Crippen LogP contribution in [0.3, 0.4) is 0 Å². The molecule has 1 rings (SSSR count). The van der Waals surface area contributed by atoms with E-state index >= 15 is 0 Å². The molecule has 0 heterocycles. The molecule has 1 amide bonds. The molecule has 4 nitrogen and oxygen atoms in total. The van der Waals surface area contributed by atoms with Gasteiger partial charge in [-0.05, 0) is 24.8 Å². The highest BCUT2D eigenvalue weighted by atomic mass is 16.5. The highest BCUT2D eigenvalue weighted by Gasteiger charge is 2.16. The molecule has 0 saturated carbocycles. The summed E-state index contributed by atoms with van der Waals surface area (Å²) in [6, 6.07) is 8.93. The summed E-state index contributed by atoms with van der Waals surface area (Å²) < 4.78 is 5.07. The second-order valence-electron chi connectivity index (χ2n) is 5.33. The van der Waals surface area contributed by atoms with Gasteiger partial charge in [0.15, 0.2) is 5.78 Å². The van der Waals surface area contributed by atoms with Crippen molar-refractivity contribution in [2.45, 2.75) is 46.3 Å². The molecular weight excluding hydrogens is 254 g/mol. The Kier molecular flexibility index (Phi) is 6.77. The zero-order valence-corrected chi connectivity index (χ0v) is 12.4.